The summed E-state index contributed by atoms with van der Waals surface area (Å²) < 4.78 is 13.4. The van der Waals surface area contributed by atoms with E-state index in [2.05, 4.69) is 6.92 Å². The fourth-order valence-electron chi connectivity index (χ4n) is 1.91. The molecule has 92 valence electrons. The number of unbranched alkanes of at least 4 members (excludes halogenated alkanes) is 5. The number of hydrogen-bond donors (Lipinski definition) is 0. The lowest BCUT2D eigenvalue weighted by Crippen LogP contribution is -2.07. The molecule has 0 N–H and O–H groups in total. The molecule has 0 fully saturated rings. The van der Waals surface area contributed by atoms with Gasteiger partial charge >= 0.3 is 0 Å². The maximum atomic E-state index is 7.99. The van der Waals surface area contributed by atoms with Crippen LogP contribution >= 0.6 is 0 Å². The van der Waals surface area contributed by atoms with E-state index in [0.717, 1.165) is 12.8 Å². The summed E-state index contributed by atoms with van der Waals surface area (Å²) in [6.45, 7) is 2.24. The van der Waals surface area contributed by atoms with Crippen molar-refractivity contribution in [1.29, 1.82) is 0 Å². The largest absolute Gasteiger partial charge is 0.494 e. The highest BCUT2D eigenvalue weighted by Gasteiger charge is 2.04. The molecular weight excluding hydrogens is 196 g/mol. The van der Waals surface area contributed by atoms with Crippen LogP contribution in [0.4, 0.5) is 0 Å². The molecule has 0 aromatic carbocycles. The SMILES string of the molecule is [2H]C(CCCCCCCC)CC1C=CC=CO1. The van der Waals surface area contributed by atoms with Crippen LogP contribution in [-0.2, 0) is 4.74 Å². The van der Waals surface area contributed by atoms with Crippen molar-refractivity contribution in [2.24, 2.45) is 0 Å². The molecule has 0 aromatic heterocycles. The molecule has 0 amide bonds. The van der Waals surface area contributed by atoms with Gasteiger partial charge in [-0.15, -0.1) is 0 Å². The third kappa shape index (κ3) is 6.71. The van der Waals surface area contributed by atoms with Gasteiger partial charge in [0.05, 0.1) is 6.26 Å². The lowest BCUT2D eigenvalue weighted by Gasteiger charge is -2.14. The van der Waals surface area contributed by atoms with Crippen LogP contribution in [0.2, 0.25) is 0 Å². The summed E-state index contributed by atoms with van der Waals surface area (Å²) in [5.74, 6) is 0. The monoisotopic (exact) mass is 223 g/mol. The molecule has 16 heavy (non-hydrogen) atoms. The quantitative estimate of drug-likeness (QED) is 0.501. The number of ether oxygens (including phenoxy) is 1. The Kier molecular flexibility index (Phi) is 6.98. The van der Waals surface area contributed by atoms with Gasteiger partial charge in [0.1, 0.15) is 6.10 Å². The molecule has 1 aliphatic heterocycles. The molecule has 0 radical (unpaired) electrons. The molecule has 1 heterocycles. The van der Waals surface area contributed by atoms with Gasteiger partial charge in [0.15, 0.2) is 0 Å². The fraction of sp³-hybridized carbons (Fsp3) is 0.733. The molecule has 0 aromatic rings. The lowest BCUT2D eigenvalue weighted by atomic mass is 10.1. The highest BCUT2D eigenvalue weighted by Crippen LogP contribution is 2.14. The van der Waals surface area contributed by atoms with Gasteiger partial charge < -0.3 is 4.74 Å². The predicted octanol–water partition coefficient (Wildman–Crippen LogP) is 4.99. The van der Waals surface area contributed by atoms with Crippen LogP contribution in [0.5, 0.6) is 0 Å². The molecule has 1 aliphatic rings. The summed E-state index contributed by atoms with van der Waals surface area (Å²) in [5.41, 5.74) is 0. The van der Waals surface area contributed by atoms with Crippen LogP contribution in [0.3, 0.4) is 0 Å². The van der Waals surface area contributed by atoms with E-state index >= 15 is 0 Å². The highest BCUT2D eigenvalue weighted by molar-refractivity contribution is 5.07. The van der Waals surface area contributed by atoms with E-state index in [-0.39, 0.29) is 12.5 Å². The van der Waals surface area contributed by atoms with E-state index in [1.165, 1.54) is 38.5 Å². The average Bonchev–Trinajstić information content (AvgIpc) is 2.35. The van der Waals surface area contributed by atoms with Crippen LogP contribution < -0.4 is 0 Å². The van der Waals surface area contributed by atoms with E-state index in [1.54, 1.807) is 6.26 Å². The third-order valence-electron chi connectivity index (χ3n) is 2.93. The van der Waals surface area contributed by atoms with E-state index in [9.17, 15) is 0 Å². The molecule has 0 spiro atoms. The highest BCUT2D eigenvalue weighted by atomic mass is 16.5. The van der Waals surface area contributed by atoms with Gasteiger partial charge in [-0.05, 0) is 25.0 Å². The van der Waals surface area contributed by atoms with Gasteiger partial charge in [0, 0.05) is 1.37 Å². The van der Waals surface area contributed by atoms with Gasteiger partial charge in [0.2, 0.25) is 0 Å². The topological polar surface area (TPSA) is 9.23 Å². The Labute approximate surface area is 102 Å². The minimum atomic E-state index is 0.0299. The minimum absolute atomic E-state index is 0.0299. The smallest absolute Gasteiger partial charge is 0.116 e. The van der Waals surface area contributed by atoms with Gasteiger partial charge in [-0.25, -0.2) is 0 Å². The zero-order chi connectivity index (χ0) is 12.3. The summed E-state index contributed by atoms with van der Waals surface area (Å²) in [6.07, 6.45) is 17.5. The molecule has 2 atom stereocenters. The fourth-order valence-corrected chi connectivity index (χ4v) is 1.91. The first-order chi connectivity index (χ1) is 8.33. The molecule has 0 saturated carbocycles. The Bertz CT molecular complexity index is 235. The predicted molar refractivity (Wildman–Crippen MR) is 70.4 cm³/mol. The van der Waals surface area contributed by atoms with E-state index < -0.39 is 0 Å². The molecule has 0 bridgehead atoms. The van der Waals surface area contributed by atoms with Crippen LogP contribution in [0, 0.1) is 0 Å². The lowest BCUT2D eigenvalue weighted by molar-refractivity contribution is 0.170. The minimum Gasteiger partial charge on any atom is -0.494 e. The van der Waals surface area contributed by atoms with Crippen molar-refractivity contribution < 1.29 is 6.11 Å². The van der Waals surface area contributed by atoms with Crippen molar-refractivity contribution in [3.05, 3.63) is 24.5 Å². The Morgan fingerprint density at radius 2 is 1.81 bits per heavy atom. The summed E-state index contributed by atoms with van der Waals surface area (Å²) in [7, 11) is 0. The van der Waals surface area contributed by atoms with Crippen molar-refractivity contribution in [2.45, 2.75) is 70.8 Å². The first-order valence-electron chi connectivity index (χ1n) is 7.31. The second-order valence-electron chi connectivity index (χ2n) is 4.47. The van der Waals surface area contributed by atoms with Crippen molar-refractivity contribution in [3.8, 4) is 0 Å². The number of hydrogen-bond acceptors (Lipinski definition) is 1. The Morgan fingerprint density at radius 3 is 2.50 bits per heavy atom. The second-order valence-corrected chi connectivity index (χ2v) is 4.47. The summed E-state index contributed by atoms with van der Waals surface area (Å²) in [5, 5.41) is 0. The van der Waals surface area contributed by atoms with Crippen molar-refractivity contribution in [3.63, 3.8) is 0 Å². The summed E-state index contributed by atoms with van der Waals surface area (Å²) in [6, 6.07) is 0. The van der Waals surface area contributed by atoms with Crippen LogP contribution in [-0.4, -0.2) is 6.10 Å². The molecule has 0 aliphatic carbocycles. The maximum absolute atomic E-state index is 7.99. The van der Waals surface area contributed by atoms with Crippen LogP contribution in [0.25, 0.3) is 0 Å². The Hall–Kier alpha value is -0.720. The molecule has 1 rings (SSSR count). The summed E-state index contributed by atoms with van der Waals surface area (Å²) in [4.78, 5) is 0. The number of allylic oxidation sites excluding steroid dienone is 2. The average molecular weight is 223 g/mol. The van der Waals surface area contributed by atoms with Gasteiger partial charge in [0.25, 0.3) is 0 Å². The molecule has 0 saturated heterocycles. The van der Waals surface area contributed by atoms with Crippen molar-refractivity contribution >= 4 is 0 Å². The molecule has 1 nitrogen and oxygen atoms in total. The molecular formula is C15H26O. The Balaban J connectivity index is 1.95. The van der Waals surface area contributed by atoms with Crippen LogP contribution in [0.1, 0.15) is 66.1 Å². The summed E-state index contributed by atoms with van der Waals surface area (Å²) >= 11 is 0. The second kappa shape index (κ2) is 9.50. The Morgan fingerprint density at radius 1 is 1.06 bits per heavy atom. The zero-order valence-electron chi connectivity index (χ0n) is 11.5. The molecule has 2 unspecified atom stereocenters. The zero-order valence-corrected chi connectivity index (χ0v) is 10.5. The standard InChI is InChI=1S/C15H26O/c1-2-3-4-5-6-7-8-9-12-15-13-10-11-14-16-15/h10-11,13-15H,2-9,12H2,1H3/i9D. The first-order valence-corrected chi connectivity index (χ1v) is 6.74. The van der Waals surface area contributed by atoms with Gasteiger partial charge in [-0.3, -0.25) is 0 Å². The first kappa shape index (κ1) is 11.8. The van der Waals surface area contributed by atoms with E-state index in [0.29, 0.717) is 0 Å². The normalized spacial score (nSPS) is 21.6. The van der Waals surface area contributed by atoms with Gasteiger partial charge in [-0.1, -0.05) is 57.9 Å². The van der Waals surface area contributed by atoms with Crippen molar-refractivity contribution in [2.75, 3.05) is 0 Å². The molecule has 1 heteroatoms. The maximum Gasteiger partial charge on any atom is 0.116 e. The van der Waals surface area contributed by atoms with Gasteiger partial charge in [-0.2, -0.15) is 0 Å². The third-order valence-corrected chi connectivity index (χ3v) is 2.93. The van der Waals surface area contributed by atoms with Crippen LogP contribution in [0.15, 0.2) is 24.5 Å². The van der Waals surface area contributed by atoms with Crippen molar-refractivity contribution in [1.82, 2.24) is 0 Å². The number of rotatable bonds is 9. The van der Waals surface area contributed by atoms with E-state index in [1.807, 2.05) is 18.2 Å². The van der Waals surface area contributed by atoms with E-state index in [4.69, 9.17) is 6.11 Å².